The van der Waals surface area contributed by atoms with Crippen LogP contribution in [-0.4, -0.2) is 24.6 Å². The Bertz CT molecular complexity index is 516. The second kappa shape index (κ2) is 6.29. The third-order valence-electron chi connectivity index (χ3n) is 3.74. The van der Waals surface area contributed by atoms with Crippen LogP contribution in [0.15, 0.2) is 24.3 Å². The lowest BCUT2D eigenvalue weighted by molar-refractivity contribution is -0.145. The number of unbranched alkanes of at least 4 members (excludes halogenated alkanes) is 1. The van der Waals surface area contributed by atoms with Gasteiger partial charge in [-0.3, -0.25) is 0 Å². The number of carbonyl (C=O) groups is 2. The second-order valence-corrected chi connectivity index (χ2v) is 6.18. The molecule has 0 unspecified atom stereocenters. The number of hydrogen-bond acceptors (Lipinski definition) is 4. The number of benzene rings is 1. The first-order chi connectivity index (χ1) is 9.94. The van der Waals surface area contributed by atoms with Gasteiger partial charge in [-0.1, -0.05) is 39.3 Å². The molecule has 0 amide bonds. The summed E-state index contributed by atoms with van der Waals surface area (Å²) in [5, 5.41) is 0. The minimum atomic E-state index is -0.829. The van der Waals surface area contributed by atoms with Gasteiger partial charge >= 0.3 is 11.9 Å². The van der Waals surface area contributed by atoms with Crippen LogP contribution in [-0.2, 0) is 20.7 Å². The number of esters is 2. The van der Waals surface area contributed by atoms with Gasteiger partial charge in [0.1, 0.15) is 6.61 Å². The first-order valence-electron chi connectivity index (χ1n) is 7.40. The van der Waals surface area contributed by atoms with Gasteiger partial charge in [0, 0.05) is 5.41 Å². The van der Waals surface area contributed by atoms with Gasteiger partial charge in [-0.05, 0) is 30.5 Å². The second-order valence-electron chi connectivity index (χ2n) is 6.18. The van der Waals surface area contributed by atoms with Crippen LogP contribution in [0.5, 0.6) is 0 Å². The topological polar surface area (TPSA) is 52.6 Å². The molecule has 1 saturated heterocycles. The Morgan fingerprint density at radius 1 is 1.33 bits per heavy atom. The molecule has 1 fully saturated rings. The van der Waals surface area contributed by atoms with E-state index in [0.717, 1.165) is 19.3 Å². The highest BCUT2D eigenvalue weighted by Crippen LogP contribution is 2.31. The van der Waals surface area contributed by atoms with Crippen LogP contribution >= 0.6 is 0 Å². The molecular formula is C17H22O4. The van der Waals surface area contributed by atoms with Crippen LogP contribution in [0.25, 0.3) is 0 Å². The van der Waals surface area contributed by atoms with Gasteiger partial charge in [-0.25, -0.2) is 9.59 Å². The monoisotopic (exact) mass is 290 g/mol. The van der Waals surface area contributed by atoms with Crippen molar-refractivity contribution in [3.8, 4) is 0 Å². The van der Waals surface area contributed by atoms with Crippen molar-refractivity contribution < 1.29 is 19.1 Å². The maximum Gasteiger partial charge on any atom is 0.348 e. The first kappa shape index (κ1) is 15.5. The number of rotatable bonds is 5. The Kier molecular flexibility index (Phi) is 4.66. The molecule has 0 aromatic heterocycles. The minimum absolute atomic E-state index is 0.278. The zero-order valence-corrected chi connectivity index (χ0v) is 12.8. The molecule has 0 radical (unpaired) electrons. The predicted octanol–water partition coefficient (Wildman–Crippen LogP) is 3.14. The molecule has 1 atom stereocenters. The third kappa shape index (κ3) is 3.63. The van der Waals surface area contributed by atoms with Gasteiger partial charge in [0.15, 0.2) is 0 Å². The summed E-state index contributed by atoms with van der Waals surface area (Å²) in [5.41, 5.74) is 1.19. The van der Waals surface area contributed by atoms with Gasteiger partial charge in [-0.2, -0.15) is 0 Å². The van der Waals surface area contributed by atoms with Gasteiger partial charge in [-0.15, -0.1) is 0 Å². The van der Waals surface area contributed by atoms with Crippen LogP contribution in [0.4, 0.5) is 0 Å². The first-order valence-corrected chi connectivity index (χ1v) is 7.40. The number of aryl methyl sites for hydroxylation is 1. The van der Waals surface area contributed by atoms with Crippen molar-refractivity contribution in [3.63, 3.8) is 0 Å². The molecule has 0 spiro atoms. The largest absolute Gasteiger partial charge is 0.462 e. The van der Waals surface area contributed by atoms with Gasteiger partial charge in [0.05, 0.1) is 5.56 Å². The van der Waals surface area contributed by atoms with Crippen LogP contribution in [0.2, 0.25) is 0 Å². The van der Waals surface area contributed by atoms with Crippen LogP contribution < -0.4 is 0 Å². The van der Waals surface area contributed by atoms with Crippen LogP contribution in [0.3, 0.4) is 0 Å². The lowest BCUT2D eigenvalue weighted by Crippen LogP contribution is -2.34. The smallest absolute Gasteiger partial charge is 0.348 e. The van der Waals surface area contributed by atoms with Crippen molar-refractivity contribution in [1.82, 2.24) is 0 Å². The summed E-state index contributed by atoms with van der Waals surface area (Å²) in [5.74, 6) is -0.943. The molecule has 0 aliphatic carbocycles. The molecule has 1 aromatic carbocycles. The van der Waals surface area contributed by atoms with Crippen molar-refractivity contribution >= 4 is 11.9 Å². The van der Waals surface area contributed by atoms with E-state index >= 15 is 0 Å². The molecule has 0 saturated carbocycles. The standard InChI is InChI=1S/C17H22O4/c1-4-5-6-12-7-9-13(10-8-12)15(18)21-14-16(19)20-11-17(14,2)3/h7-10,14H,4-6,11H2,1-3H3/t14-/m0/s1. The molecule has 1 heterocycles. The minimum Gasteiger partial charge on any atom is -0.462 e. The van der Waals surface area contributed by atoms with Crippen molar-refractivity contribution in [1.29, 1.82) is 0 Å². The summed E-state index contributed by atoms with van der Waals surface area (Å²) in [6.45, 7) is 6.13. The van der Waals surface area contributed by atoms with Gasteiger partial charge in [0.25, 0.3) is 0 Å². The van der Waals surface area contributed by atoms with E-state index < -0.39 is 23.5 Å². The summed E-state index contributed by atoms with van der Waals surface area (Å²) in [6, 6.07) is 7.37. The quantitative estimate of drug-likeness (QED) is 0.782. The normalized spacial score (nSPS) is 20.1. The van der Waals surface area contributed by atoms with E-state index in [4.69, 9.17) is 9.47 Å². The summed E-state index contributed by atoms with van der Waals surface area (Å²) < 4.78 is 10.3. The van der Waals surface area contributed by atoms with Crippen molar-refractivity contribution in [2.45, 2.75) is 46.1 Å². The number of hydrogen-bond donors (Lipinski definition) is 0. The molecule has 21 heavy (non-hydrogen) atoms. The maximum absolute atomic E-state index is 12.1. The highest BCUT2D eigenvalue weighted by Gasteiger charge is 2.46. The molecule has 0 bridgehead atoms. The van der Waals surface area contributed by atoms with Gasteiger partial charge in [0.2, 0.25) is 6.10 Å². The zero-order chi connectivity index (χ0) is 15.5. The summed E-state index contributed by atoms with van der Waals surface area (Å²) >= 11 is 0. The maximum atomic E-state index is 12.1. The SMILES string of the molecule is CCCCc1ccc(C(=O)O[C@H]2C(=O)OCC2(C)C)cc1. The third-order valence-corrected chi connectivity index (χ3v) is 3.74. The fraction of sp³-hybridized carbons (Fsp3) is 0.529. The van der Waals surface area contributed by atoms with Crippen LogP contribution in [0.1, 0.15) is 49.5 Å². The fourth-order valence-corrected chi connectivity index (χ4v) is 2.30. The molecule has 0 N–H and O–H groups in total. The average molecular weight is 290 g/mol. The Labute approximate surface area is 125 Å². The lowest BCUT2D eigenvalue weighted by atomic mass is 9.90. The van der Waals surface area contributed by atoms with Crippen molar-refractivity contribution in [2.24, 2.45) is 5.41 Å². The summed E-state index contributed by atoms with van der Waals surface area (Å²) in [6.07, 6.45) is 2.45. The predicted molar refractivity (Wildman–Crippen MR) is 79.0 cm³/mol. The number of ether oxygens (including phenoxy) is 2. The van der Waals surface area contributed by atoms with Crippen LogP contribution in [0, 0.1) is 5.41 Å². The Morgan fingerprint density at radius 2 is 2.00 bits per heavy atom. The average Bonchev–Trinajstić information content (AvgIpc) is 2.72. The Morgan fingerprint density at radius 3 is 2.52 bits per heavy atom. The zero-order valence-electron chi connectivity index (χ0n) is 12.8. The Hall–Kier alpha value is -1.84. The summed E-state index contributed by atoms with van der Waals surface area (Å²) in [7, 11) is 0. The molecule has 4 heteroatoms. The van der Waals surface area contributed by atoms with E-state index in [9.17, 15) is 9.59 Å². The highest BCUT2D eigenvalue weighted by molar-refractivity contribution is 5.92. The van der Waals surface area contributed by atoms with Gasteiger partial charge < -0.3 is 9.47 Å². The van der Waals surface area contributed by atoms with E-state index in [1.165, 1.54) is 5.56 Å². The molecule has 1 aromatic rings. The number of cyclic esters (lactones) is 1. The molecule has 1 aliphatic heterocycles. The van der Waals surface area contributed by atoms with Crippen molar-refractivity contribution in [3.05, 3.63) is 35.4 Å². The molecule has 4 nitrogen and oxygen atoms in total. The molecule has 1 aliphatic rings. The highest BCUT2D eigenvalue weighted by atomic mass is 16.6. The van der Waals surface area contributed by atoms with E-state index in [1.807, 2.05) is 26.0 Å². The molecule has 2 rings (SSSR count). The summed E-state index contributed by atoms with van der Waals surface area (Å²) in [4.78, 5) is 23.8. The molecular weight excluding hydrogens is 268 g/mol. The van der Waals surface area contributed by atoms with Crippen molar-refractivity contribution in [2.75, 3.05) is 6.61 Å². The number of carbonyl (C=O) groups excluding carboxylic acids is 2. The Balaban J connectivity index is 2.01. The van der Waals surface area contributed by atoms with E-state index in [0.29, 0.717) is 5.56 Å². The fourth-order valence-electron chi connectivity index (χ4n) is 2.30. The van der Waals surface area contributed by atoms with E-state index in [2.05, 4.69) is 6.92 Å². The molecule has 114 valence electrons. The van der Waals surface area contributed by atoms with E-state index in [-0.39, 0.29) is 6.61 Å². The lowest BCUT2D eigenvalue weighted by Gasteiger charge is -2.21. The van der Waals surface area contributed by atoms with E-state index in [1.54, 1.807) is 12.1 Å².